The second-order valence-electron chi connectivity index (χ2n) is 4.78. The molecule has 1 aliphatic heterocycles. The molecule has 0 bridgehead atoms. The van der Waals surface area contributed by atoms with Crippen molar-refractivity contribution in [2.45, 2.75) is 19.9 Å². The van der Waals surface area contributed by atoms with Crippen molar-refractivity contribution >= 4 is 12.0 Å². The molecule has 2 amide bonds. The summed E-state index contributed by atoms with van der Waals surface area (Å²) in [5, 5.41) is 11.8. The Bertz CT molecular complexity index is 443. The first-order valence-electron chi connectivity index (χ1n) is 5.80. The predicted octanol–water partition coefficient (Wildman–Crippen LogP) is 1.29. The number of urea groups is 1. The number of nitrogens with zero attached hydrogens (tertiary/aromatic N) is 1. The molecule has 2 rings (SSSR count). The molecule has 2 heterocycles. The largest absolute Gasteiger partial charge is 0.481 e. The highest BCUT2D eigenvalue weighted by Crippen LogP contribution is 2.29. The summed E-state index contributed by atoms with van der Waals surface area (Å²) in [6.07, 6.45) is 2.02. The summed E-state index contributed by atoms with van der Waals surface area (Å²) in [6, 6.07) is 3.26. The van der Waals surface area contributed by atoms with Crippen LogP contribution in [0.2, 0.25) is 0 Å². The highest BCUT2D eigenvalue weighted by molar-refractivity contribution is 5.79. The van der Waals surface area contributed by atoms with E-state index in [1.165, 1.54) is 4.90 Å². The summed E-state index contributed by atoms with van der Waals surface area (Å²) in [6.45, 7) is 2.68. The fourth-order valence-electron chi connectivity index (χ4n) is 2.00. The monoisotopic (exact) mass is 252 g/mol. The Morgan fingerprint density at radius 2 is 2.39 bits per heavy atom. The molecule has 6 heteroatoms. The van der Waals surface area contributed by atoms with Gasteiger partial charge in [-0.15, -0.1) is 0 Å². The van der Waals surface area contributed by atoms with Gasteiger partial charge in [0.05, 0.1) is 18.2 Å². The third-order valence-electron chi connectivity index (χ3n) is 3.27. The van der Waals surface area contributed by atoms with Gasteiger partial charge in [-0.2, -0.15) is 0 Å². The van der Waals surface area contributed by atoms with Crippen LogP contribution in [0.1, 0.15) is 19.1 Å². The molecule has 0 radical (unpaired) electrons. The summed E-state index contributed by atoms with van der Waals surface area (Å²) in [7, 11) is 0. The van der Waals surface area contributed by atoms with Gasteiger partial charge < -0.3 is 19.7 Å². The number of aliphatic carboxylic acids is 1. The molecule has 6 nitrogen and oxygen atoms in total. The van der Waals surface area contributed by atoms with E-state index in [2.05, 4.69) is 5.32 Å². The van der Waals surface area contributed by atoms with E-state index >= 15 is 0 Å². The Morgan fingerprint density at radius 1 is 1.61 bits per heavy atom. The lowest BCUT2D eigenvalue weighted by Gasteiger charge is -2.20. The number of carboxylic acid groups (broad SMARTS) is 1. The van der Waals surface area contributed by atoms with E-state index < -0.39 is 11.4 Å². The van der Waals surface area contributed by atoms with Crippen molar-refractivity contribution in [2.24, 2.45) is 5.41 Å². The number of amides is 2. The van der Waals surface area contributed by atoms with Gasteiger partial charge in [0.25, 0.3) is 0 Å². The van der Waals surface area contributed by atoms with E-state index in [1.807, 2.05) is 0 Å². The molecule has 1 fully saturated rings. The highest BCUT2D eigenvalue weighted by Gasteiger charge is 2.42. The quantitative estimate of drug-likeness (QED) is 0.849. The standard InChI is InChI=1S/C12H16N2O4/c1-12(10(15)16)4-5-14(8-12)11(17)13-7-9-3-2-6-18-9/h2-3,6H,4-5,7-8H2,1H3,(H,13,17)(H,15,16). The van der Waals surface area contributed by atoms with Crippen molar-refractivity contribution in [1.29, 1.82) is 0 Å². The van der Waals surface area contributed by atoms with Crippen LogP contribution in [0.4, 0.5) is 4.79 Å². The van der Waals surface area contributed by atoms with E-state index in [-0.39, 0.29) is 12.6 Å². The zero-order chi connectivity index (χ0) is 13.2. The van der Waals surface area contributed by atoms with Crippen molar-refractivity contribution in [3.05, 3.63) is 24.2 Å². The Hall–Kier alpha value is -1.98. The molecule has 1 aromatic rings. The van der Waals surface area contributed by atoms with E-state index in [1.54, 1.807) is 25.3 Å². The number of hydrogen-bond donors (Lipinski definition) is 2. The molecular weight excluding hydrogens is 236 g/mol. The minimum atomic E-state index is -0.858. The van der Waals surface area contributed by atoms with E-state index in [0.717, 1.165) is 0 Å². The first kappa shape index (κ1) is 12.5. The van der Waals surface area contributed by atoms with Gasteiger partial charge in [0.15, 0.2) is 0 Å². The first-order valence-corrected chi connectivity index (χ1v) is 5.80. The van der Waals surface area contributed by atoms with Gasteiger partial charge >= 0.3 is 12.0 Å². The van der Waals surface area contributed by atoms with Crippen molar-refractivity contribution in [3.8, 4) is 0 Å². The minimum Gasteiger partial charge on any atom is -0.481 e. The minimum absolute atomic E-state index is 0.242. The van der Waals surface area contributed by atoms with Crippen LogP contribution in [-0.2, 0) is 11.3 Å². The number of carbonyl (C=O) groups is 2. The second-order valence-corrected chi connectivity index (χ2v) is 4.78. The average molecular weight is 252 g/mol. The smallest absolute Gasteiger partial charge is 0.317 e. The molecule has 0 spiro atoms. The lowest BCUT2D eigenvalue weighted by atomic mass is 9.90. The third-order valence-corrected chi connectivity index (χ3v) is 3.27. The lowest BCUT2D eigenvalue weighted by Crippen LogP contribution is -2.40. The Balaban J connectivity index is 1.86. The maximum Gasteiger partial charge on any atom is 0.317 e. The zero-order valence-electron chi connectivity index (χ0n) is 10.2. The summed E-state index contributed by atoms with van der Waals surface area (Å²) < 4.78 is 5.10. The van der Waals surface area contributed by atoms with Crippen LogP contribution in [0.15, 0.2) is 22.8 Å². The van der Waals surface area contributed by atoms with Crippen LogP contribution in [0.5, 0.6) is 0 Å². The molecule has 1 aromatic heterocycles. The van der Waals surface area contributed by atoms with Gasteiger partial charge in [0.2, 0.25) is 0 Å². The molecule has 0 aromatic carbocycles. The van der Waals surface area contributed by atoms with Gasteiger partial charge in [0, 0.05) is 13.1 Å². The number of likely N-dealkylation sites (tertiary alicyclic amines) is 1. The van der Waals surface area contributed by atoms with E-state index in [4.69, 9.17) is 9.52 Å². The SMILES string of the molecule is CC1(C(=O)O)CCN(C(=O)NCc2ccco2)C1. The molecule has 1 saturated heterocycles. The van der Waals surface area contributed by atoms with Crippen molar-refractivity contribution in [1.82, 2.24) is 10.2 Å². The molecular formula is C12H16N2O4. The highest BCUT2D eigenvalue weighted by atomic mass is 16.4. The normalized spacial score (nSPS) is 23.1. The van der Waals surface area contributed by atoms with Crippen LogP contribution in [0.3, 0.4) is 0 Å². The van der Waals surface area contributed by atoms with Crippen LogP contribution < -0.4 is 5.32 Å². The van der Waals surface area contributed by atoms with Crippen LogP contribution in [-0.4, -0.2) is 35.1 Å². The van der Waals surface area contributed by atoms with E-state index in [0.29, 0.717) is 25.3 Å². The van der Waals surface area contributed by atoms with E-state index in [9.17, 15) is 9.59 Å². The van der Waals surface area contributed by atoms with Gasteiger partial charge in [-0.3, -0.25) is 4.79 Å². The molecule has 1 atom stereocenters. The van der Waals surface area contributed by atoms with Crippen molar-refractivity contribution < 1.29 is 19.1 Å². The number of carbonyl (C=O) groups excluding carboxylic acids is 1. The topological polar surface area (TPSA) is 82.8 Å². The molecule has 1 aliphatic rings. The fourth-order valence-corrected chi connectivity index (χ4v) is 2.00. The van der Waals surface area contributed by atoms with Gasteiger partial charge in [-0.25, -0.2) is 4.79 Å². The maximum absolute atomic E-state index is 11.8. The molecule has 2 N–H and O–H groups in total. The summed E-state index contributed by atoms with van der Waals surface area (Å²) in [5.41, 5.74) is -0.831. The molecule has 1 unspecified atom stereocenters. The molecule has 18 heavy (non-hydrogen) atoms. The summed E-state index contributed by atoms with van der Waals surface area (Å²) in [4.78, 5) is 24.4. The summed E-state index contributed by atoms with van der Waals surface area (Å²) >= 11 is 0. The van der Waals surface area contributed by atoms with Crippen LogP contribution in [0.25, 0.3) is 0 Å². The number of nitrogens with one attached hydrogen (secondary N) is 1. The predicted molar refractivity (Wildman–Crippen MR) is 62.9 cm³/mol. The summed E-state index contributed by atoms with van der Waals surface area (Å²) in [5.74, 6) is -0.188. The maximum atomic E-state index is 11.8. The van der Waals surface area contributed by atoms with Crippen molar-refractivity contribution in [2.75, 3.05) is 13.1 Å². The third kappa shape index (κ3) is 2.47. The fraction of sp³-hybridized carbons (Fsp3) is 0.500. The number of hydrogen-bond acceptors (Lipinski definition) is 3. The number of carboxylic acids is 1. The van der Waals surface area contributed by atoms with Crippen LogP contribution in [0, 0.1) is 5.41 Å². The average Bonchev–Trinajstić information content (AvgIpc) is 2.95. The Morgan fingerprint density at radius 3 is 2.94 bits per heavy atom. The van der Waals surface area contributed by atoms with Gasteiger partial charge in [-0.05, 0) is 25.5 Å². The number of furan rings is 1. The zero-order valence-corrected chi connectivity index (χ0v) is 10.2. The number of rotatable bonds is 3. The Kier molecular flexibility index (Phi) is 3.27. The second kappa shape index (κ2) is 4.72. The molecule has 0 aliphatic carbocycles. The van der Waals surface area contributed by atoms with Crippen LogP contribution >= 0.6 is 0 Å². The lowest BCUT2D eigenvalue weighted by molar-refractivity contribution is -0.146. The van der Waals surface area contributed by atoms with Crippen molar-refractivity contribution in [3.63, 3.8) is 0 Å². The van der Waals surface area contributed by atoms with Gasteiger partial charge in [0.1, 0.15) is 5.76 Å². The van der Waals surface area contributed by atoms with Gasteiger partial charge in [-0.1, -0.05) is 0 Å². The molecule has 98 valence electrons. The molecule has 0 saturated carbocycles. The Labute approximate surface area is 105 Å². The first-order chi connectivity index (χ1) is 8.51.